The number of carboxylic acids is 1. The van der Waals surface area contributed by atoms with Gasteiger partial charge in [0, 0.05) is 11.6 Å². The van der Waals surface area contributed by atoms with E-state index in [1.807, 2.05) is 32.0 Å². The van der Waals surface area contributed by atoms with Crippen LogP contribution in [0.25, 0.3) is 0 Å². The van der Waals surface area contributed by atoms with Gasteiger partial charge in [0.15, 0.2) is 0 Å². The maximum atomic E-state index is 11.0. The van der Waals surface area contributed by atoms with E-state index in [4.69, 9.17) is 16.7 Å². The van der Waals surface area contributed by atoms with Gasteiger partial charge in [-0.05, 0) is 24.0 Å². The quantitative estimate of drug-likeness (QED) is 0.822. The summed E-state index contributed by atoms with van der Waals surface area (Å²) < 4.78 is 0. The van der Waals surface area contributed by atoms with Crippen LogP contribution in [-0.2, 0) is 11.3 Å². The van der Waals surface area contributed by atoms with Crippen LogP contribution in [0.1, 0.15) is 25.8 Å². The highest BCUT2D eigenvalue weighted by atomic mass is 35.5. The van der Waals surface area contributed by atoms with E-state index in [1.165, 1.54) is 0 Å². The van der Waals surface area contributed by atoms with Crippen molar-refractivity contribution in [3.05, 3.63) is 34.9 Å². The summed E-state index contributed by atoms with van der Waals surface area (Å²) in [5.41, 5.74) is 0.921. The molecule has 0 bridgehead atoms. The van der Waals surface area contributed by atoms with E-state index in [1.54, 1.807) is 6.07 Å². The Bertz CT molecular complexity index is 379. The van der Waals surface area contributed by atoms with Gasteiger partial charge in [0.25, 0.3) is 0 Å². The van der Waals surface area contributed by atoms with Gasteiger partial charge in [-0.15, -0.1) is 0 Å². The molecule has 1 aromatic carbocycles. The molecule has 0 aliphatic carbocycles. The van der Waals surface area contributed by atoms with Gasteiger partial charge >= 0.3 is 5.97 Å². The van der Waals surface area contributed by atoms with E-state index in [9.17, 15) is 4.79 Å². The van der Waals surface area contributed by atoms with E-state index in [-0.39, 0.29) is 0 Å². The third kappa shape index (κ3) is 4.75. The second kappa shape index (κ2) is 6.62. The summed E-state index contributed by atoms with van der Waals surface area (Å²) in [5, 5.41) is 12.8. The Balaban J connectivity index is 2.58. The summed E-state index contributed by atoms with van der Waals surface area (Å²) in [4.78, 5) is 11.0. The molecule has 0 aliphatic rings. The number of benzene rings is 1. The number of hydrogen-bond donors (Lipinski definition) is 2. The SMILES string of the molecule is CC(C)CC(NCc1ccccc1Cl)C(=O)O. The fourth-order valence-corrected chi connectivity index (χ4v) is 1.82. The van der Waals surface area contributed by atoms with Crippen LogP contribution in [0, 0.1) is 5.92 Å². The van der Waals surface area contributed by atoms with Crippen molar-refractivity contribution >= 4 is 17.6 Å². The van der Waals surface area contributed by atoms with Crippen LogP contribution in [0.4, 0.5) is 0 Å². The Labute approximate surface area is 107 Å². The fraction of sp³-hybridized carbons (Fsp3) is 0.462. The monoisotopic (exact) mass is 255 g/mol. The third-order valence-electron chi connectivity index (χ3n) is 2.50. The Kier molecular flexibility index (Phi) is 5.45. The molecule has 1 aromatic rings. The van der Waals surface area contributed by atoms with Crippen molar-refractivity contribution in [1.29, 1.82) is 0 Å². The van der Waals surface area contributed by atoms with Crippen LogP contribution < -0.4 is 5.32 Å². The van der Waals surface area contributed by atoms with Gasteiger partial charge in [0.1, 0.15) is 6.04 Å². The lowest BCUT2D eigenvalue weighted by atomic mass is 10.0. The molecule has 94 valence electrons. The molecule has 0 radical (unpaired) electrons. The molecule has 0 saturated carbocycles. The van der Waals surface area contributed by atoms with E-state index in [0.717, 1.165) is 5.56 Å². The van der Waals surface area contributed by atoms with Crippen molar-refractivity contribution in [2.75, 3.05) is 0 Å². The number of nitrogens with one attached hydrogen (secondary N) is 1. The standard InChI is InChI=1S/C13H18ClNO2/c1-9(2)7-12(13(16)17)15-8-10-5-3-4-6-11(10)14/h3-6,9,12,15H,7-8H2,1-2H3,(H,16,17). The van der Waals surface area contributed by atoms with Crippen LogP contribution >= 0.6 is 11.6 Å². The zero-order valence-electron chi connectivity index (χ0n) is 10.1. The normalized spacial score (nSPS) is 12.7. The number of hydrogen-bond acceptors (Lipinski definition) is 2. The molecule has 3 nitrogen and oxygen atoms in total. The number of aliphatic carboxylic acids is 1. The fourth-order valence-electron chi connectivity index (χ4n) is 1.62. The Hall–Kier alpha value is -1.06. The van der Waals surface area contributed by atoms with Crippen LogP contribution in [0.15, 0.2) is 24.3 Å². The molecular weight excluding hydrogens is 238 g/mol. The first kappa shape index (κ1) is 14.0. The largest absolute Gasteiger partial charge is 0.480 e. The van der Waals surface area contributed by atoms with Gasteiger partial charge in [0.05, 0.1) is 0 Å². The first-order chi connectivity index (χ1) is 8.00. The average molecular weight is 256 g/mol. The highest BCUT2D eigenvalue weighted by Gasteiger charge is 2.18. The number of rotatable bonds is 6. The molecule has 0 fully saturated rings. The zero-order chi connectivity index (χ0) is 12.8. The highest BCUT2D eigenvalue weighted by molar-refractivity contribution is 6.31. The molecule has 2 N–H and O–H groups in total. The lowest BCUT2D eigenvalue weighted by Gasteiger charge is -2.16. The topological polar surface area (TPSA) is 49.3 Å². The Morgan fingerprint density at radius 3 is 2.59 bits per heavy atom. The van der Waals surface area contributed by atoms with Crippen molar-refractivity contribution in [1.82, 2.24) is 5.32 Å². The van der Waals surface area contributed by atoms with Crippen LogP contribution in [0.3, 0.4) is 0 Å². The average Bonchev–Trinajstić information content (AvgIpc) is 2.25. The minimum atomic E-state index is -0.814. The molecule has 0 amide bonds. The molecule has 4 heteroatoms. The highest BCUT2D eigenvalue weighted by Crippen LogP contribution is 2.15. The molecule has 17 heavy (non-hydrogen) atoms. The van der Waals surface area contributed by atoms with E-state index in [2.05, 4.69) is 5.32 Å². The maximum Gasteiger partial charge on any atom is 0.320 e. The molecule has 0 aliphatic heterocycles. The number of halogens is 1. The predicted molar refractivity (Wildman–Crippen MR) is 69.2 cm³/mol. The van der Waals surface area contributed by atoms with Crippen molar-refractivity contribution in [3.8, 4) is 0 Å². The van der Waals surface area contributed by atoms with Crippen LogP contribution in [0.5, 0.6) is 0 Å². The van der Waals surface area contributed by atoms with Gasteiger partial charge in [-0.2, -0.15) is 0 Å². The molecule has 1 unspecified atom stereocenters. The molecule has 0 saturated heterocycles. The first-order valence-corrected chi connectivity index (χ1v) is 6.08. The maximum absolute atomic E-state index is 11.0. The summed E-state index contributed by atoms with van der Waals surface area (Å²) in [5.74, 6) is -0.472. The number of carboxylic acid groups (broad SMARTS) is 1. The second-order valence-corrected chi connectivity index (χ2v) is 4.90. The van der Waals surface area contributed by atoms with Gasteiger partial charge in [-0.3, -0.25) is 4.79 Å². The molecule has 0 spiro atoms. The van der Waals surface area contributed by atoms with E-state index < -0.39 is 12.0 Å². The number of carbonyl (C=O) groups is 1. The first-order valence-electron chi connectivity index (χ1n) is 5.70. The minimum absolute atomic E-state index is 0.342. The summed E-state index contributed by atoms with van der Waals surface area (Å²) in [6, 6.07) is 6.92. The van der Waals surface area contributed by atoms with Crippen molar-refractivity contribution in [3.63, 3.8) is 0 Å². The van der Waals surface area contributed by atoms with Gasteiger partial charge in [0.2, 0.25) is 0 Å². The zero-order valence-corrected chi connectivity index (χ0v) is 10.9. The summed E-state index contributed by atoms with van der Waals surface area (Å²) in [7, 11) is 0. The third-order valence-corrected chi connectivity index (χ3v) is 2.87. The van der Waals surface area contributed by atoms with Crippen LogP contribution in [0.2, 0.25) is 5.02 Å². The molecule has 0 aromatic heterocycles. The van der Waals surface area contributed by atoms with E-state index in [0.29, 0.717) is 23.9 Å². The van der Waals surface area contributed by atoms with Gasteiger partial charge in [-0.25, -0.2) is 0 Å². The van der Waals surface area contributed by atoms with Crippen molar-refractivity contribution in [2.24, 2.45) is 5.92 Å². The Morgan fingerprint density at radius 2 is 2.06 bits per heavy atom. The van der Waals surface area contributed by atoms with Crippen molar-refractivity contribution < 1.29 is 9.90 Å². The molecule has 1 rings (SSSR count). The predicted octanol–water partition coefficient (Wildman–Crippen LogP) is 2.93. The second-order valence-electron chi connectivity index (χ2n) is 4.49. The lowest BCUT2D eigenvalue weighted by Crippen LogP contribution is -2.37. The summed E-state index contributed by atoms with van der Waals surface area (Å²) in [6.07, 6.45) is 0.611. The van der Waals surface area contributed by atoms with Crippen LogP contribution in [-0.4, -0.2) is 17.1 Å². The molecule has 1 atom stereocenters. The smallest absolute Gasteiger partial charge is 0.320 e. The lowest BCUT2D eigenvalue weighted by molar-refractivity contribution is -0.140. The minimum Gasteiger partial charge on any atom is -0.480 e. The van der Waals surface area contributed by atoms with Gasteiger partial charge in [-0.1, -0.05) is 43.6 Å². The summed E-state index contributed by atoms with van der Waals surface area (Å²) >= 11 is 6.01. The summed E-state index contributed by atoms with van der Waals surface area (Å²) in [6.45, 7) is 4.49. The van der Waals surface area contributed by atoms with Crippen molar-refractivity contribution in [2.45, 2.75) is 32.9 Å². The Morgan fingerprint density at radius 1 is 1.41 bits per heavy atom. The van der Waals surface area contributed by atoms with Gasteiger partial charge < -0.3 is 10.4 Å². The molecular formula is C13H18ClNO2. The molecule has 0 heterocycles. The van der Waals surface area contributed by atoms with E-state index >= 15 is 0 Å².